The summed E-state index contributed by atoms with van der Waals surface area (Å²) in [6.07, 6.45) is 10.6. The summed E-state index contributed by atoms with van der Waals surface area (Å²) >= 11 is 0. The van der Waals surface area contributed by atoms with Crippen LogP contribution in [0.3, 0.4) is 0 Å². The molecule has 2 aromatic rings. The minimum atomic E-state index is -0.638. The maximum atomic E-state index is 12.6. The largest absolute Gasteiger partial charge is 0.397 e. The van der Waals surface area contributed by atoms with Gasteiger partial charge in [-0.05, 0) is 68.7 Å². The fraction of sp³-hybridized carbons (Fsp3) is 0.250. The van der Waals surface area contributed by atoms with Gasteiger partial charge < -0.3 is 16.1 Å². The quantitative estimate of drug-likeness (QED) is 0.261. The molecule has 182 valence electrons. The average Bonchev–Trinajstić information content (AvgIpc) is 2.86. The Morgan fingerprint density at radius 1 is 1.31 bits per heavy atom. The lowest BCUT2D eigenvalue weighted by molar-refractivity contribution is -0.115. The number of carbonyl (C=O) groups excluding carboxylic acids is 1. The Bertz CT molecular complexity index is 1170. The van der Waals surface area contributed by atoms with Crippen LogP contribution in [0.25, 0.3) is 5.70 Å². The highest BCUT2D eigenvalue weighted by molar-refractivity contribution is 5.92. The average molecular weight is 471 g/mol. The molecular formula is C28H34N6O. The molecule has 0 fully saturated rings. The van der Waals surface area contributed by atoms with Crippen LogP contribution in [0.1, 0.15) is 45.2 Å². The molecule has 1 heterocycles. The Labute approximate surface area is 208 Å². The molecule has 0 spiro atoms. The Morgan fingerprint density at radius 3 is 2.69 bits per heavy atom. The van der Waals surface area contributed by atoms with E-state index >= 15 is 0 Å². The molecule has 0 aliphatic carbocycles. The SMILES string of the molecule is C=C/C(=C\C=C(\C)C(C)N(N)/C=C(\N)c1cccnc1)CC(=O)Nc1cccc(C(C)(C)C#N)c1. The Hall–Kier alpha value is -4.15. The first kappa shape index (κ1) is 27.1. The van der Waals surface area contributed by atoms with Crippen LogP contribution in [-0.4, -0.2) is 21.9 Å². The fourth-order valence-electron chi connectivity index (χ4n) is 3.13. The van der Waals surface area contributed by atoms with Crippen molar-refractivity contribution < 1.29 is 4.79 Å². The maximum Gasteiger partial charge on any atom is 0.228 e. The second kappa shape index (κ2) is 12.4. The van der Waals surface area contributed by atoms with Crippen molar-refractivity contribution in [1.29, 1.82) is 5.26 Å². The number of amides is 1. The number of nitriles is 1. The first-order chi connectivity index (χ1) is 16.6. The molecule has 5 N–H and O–H groups in total. The molecule has 1 unspecified atom stereocenters. The first-order valence-electron chi connectivity index (χ1n) is 11.3. The number of hydrogen-bond donors (Lipinski definition) is 3. The van der Waals surface area contributed by atoms with Crippen molar-refractivity contribution in [2.45, 2.75) is 45.6 Å². The molecule has 7 nitrogen and oxygen atoms in total. The van der Waals surface area contributed by atoms with Crippen LogP contribution in [0.4, 0.5) is 5.69 Å². The maximum absolute atomic E-state index is 12.6. The second-order valence-electron chi connectivity index (χ2n) is 8.85. The zero-order chi connectivity index (χ0) is 26.0. The van der Waals surface area contributed by atoms with E-state index in [1.807, 2.05) is 70.2 Å². The highest BCUT2D eigenvalue weighted by Gasteiger charge is 2.20. The summed E-state index contributed by atoms with van der Waals surface area (Å²) in [5.41, 5.74) is 10.0. The standard InChI is InChI=1S/C28H34N6O/c1-6-22(15-27(35)33-25-11-7-10-24(16-25)28(4,5)19-29)13-12-20(2)21(3)34(31)18-26(30)23-9-8-14-32-17-23/h6-14,16-18,21H,1,15,30-31H2,2-5H3,(H,33,35)/b20-12-,22-13+,26-18-. The van der Waals surface area contributed by atoms with Crippen molar-refractivity contribution in [2.24, 2.45) is 11.6 Å². The van der Waals surface area contributed by atoms with Crippen molar-refractivity contribution in [3.8, 4) is 6.07 Å². The van der Waals surface area contributed by atoms with E-state index in [4.69, 9.17) is 11.6 Å². The third-order valence-electron chi connectivity index (χ3n) is 5.72. The zero-order valence-corrected chi connectivity index (χ0v) is 20.8. The highest BCUT2D eigenvalue weighted by atomic mass is 16.1. The van der Waals surface area contributed by atoms with Crippen LogP contribution < -0.4 is 16.9 Å². The van der Waals surface area contributed by atoms with Gasteiger partial charge in [0.05, 0.1) is 29.6 Å². The number of nitrogens with one attached hydrogen (secondary N) is 1. The van der Waals surface area contributed by atoms with Crippen molar-refractivity contribution in [2.75, 3.05) is 5.32 Å². The number of hydrazine groups is 1. The summed E-state index contributed by atoms with van der Waals surface area (Å²) in [5, 5.41) is 13.8. The summed E-state index contributed by atoms with van der Waals surface area (Å²) in [4.78, 5) is 16.7. The number of nitrogens with zero attached hydrogens (tertiary/aromatic N) is 3. The third kappa shape index (κ3) is 7.98. The molecule has 0 saturated carbocycles. The second-order valence-corrected chi connectivity index (χ2v) is 8.85. The van der Waals surface area contributed by atoms with Gasteiger partial charge in [-0.15, -0.1) is 0 Å². The van der Waals surface area contributed by atoms with E-state index < -0.39 is 5.41 Å². The number of benzene rings is 1. The normalized spacial score (nSPS) is 13.5. The molecular weight excluding hydrogens is 436 g/mol. The van der Waals surface area contributed by atoms with Crippen LogP contribution in [-0.2, 0) is 10.2 Å². The molecule has 0 saturated heterocycles. The van der Waals surface area contributed by atoms with Gasteiger partial charge in [-0.3, -0.25) is 9.78 Å². The molecule has 1 amide bonds. The van der Waals surface area contributed by atoms with Gasteiger partial charge in [-0.1, -0.05) is 36.9 Å². The molecule has 7 heteroatoms. The smallest absolute Gasteiger partial charge is 0.228 e. The first-order valence-corrected chi connectivity index (χ1v) is 11.3. The van der Waals surface area contributed by atoms with Crippen LogP contribution in [0.15, 0.2) is 90.9 Å². The fourth-order valence-corrected chi connectivity index (χ4v) is 3.13. The van der Waals surface area contributed by atoms with Crippen LogP contribution in [0.5, 0.6) is 0 Å². The van der Waals surface area contributed by atoms with Crippen LogP contribution in [0.2, 0.25) is 0 Å². The number of rotatable bonds is 10. The number of nitrogens with two attached hydrogens (primary N) is 2. The van der Waals surface area contributed by atoms with E-state index in [0.717, 1.165) is 22.3 Å². The minimum Gasteiger partial charge on any atom is -0.397 e. The topological polar surface area (TPSA) is 121 Å². The van der Waals surface area contributed by atoms with Gasteiger partial charge in [0.25, 0.3) is 0 Å². The van der Waals surface area contributed by atoms with Gasteiger partial charge >= 0.3 is 0 Å². The van der Waals surface area contributed by atoms with Crippen LogP contribution in [0, 0.1) is 11.3 Å². The van der Waals surface area contributed by atoms with Gasteiger partial charge in [0.1, 0.15) is 0 Å². The van der Waals surface area contributed by atoms with Gasteiger partial charge in [0.2, 0.25) is 5.91 Å². The predicted molar refractivity (Wildman–Crippen MR) is 142 cm³/mol. The number of pyridine rings is 1. The van der Waals surface area contributed by atoms with E-state index in [9.17, 15) is 10.1 Å². The van der Waals surface area contributed by atoms with Crippen molar-refractivity contribution in [3.05, 3.63) is 102 Å². The third-order valence-corrected chi connectivity index (χ3v) is 5.72. The minimum absolute atomic E-state index is 0.132. The number of hydrogen-bond acceptors (Lipinski definition) is 6. The van der Waals surface area contributed by atoms with Crippen LogP contribution >= 0.6 is 0 Å². The Kier molecular flexibility index (Phi) is 9.56. The number of allylic oxidation sites excluding steroid dienone is 3. The summed E-state index contributed by atoms with van der Waals surface area (Å²) in [6.45, 7) is 11.4. The molecule has 1 aromatic carbocycles. The molecule has 2 rings (SSSR count). The number of aromatic nitrogens is 1. The van der Waals surface area contributed by atoms with Gasteiger partial charge in [-0.25, -0.2) is 5.84 Å². The lowest BCUT2D eigenvalue weighted by atomic mass is 9.86. The van der Waals surface area contributed by atoms with E-state index in [2.05, 4.69) is 22.9 Å². The predicted octanol–water partition coefficient (Wildman–Crippen LogP) is 4.79. The summed E-state index contributed by atoms with van der Waals surface area (Å²) in [6, 6.07) is 13.2. The number of carbonyl (C=O) groups is 1. The molecule has 1 atom stereocenters. The monoisotopic (exact) mass is 470 g/mol. The summed E-state index contributed by atoms with van der Waals surface area (Å²) in [5.74, 6) is 6.03. The van der Waals surface area contributed by atoms with Gasteiger partial charge in [-0.2, -0.15) is 5.26 Å². The Morgan fingerprint density at radius 2 is 2.06 bits per heavy atom. The molecule has 0 aliphatic heterocycles. The lowest BCUT2D eigenvalue weighted by Crippen LogP contribution is -2.36. The van der Waals surface area contributed by atoms with E-state index in [0.29, 0.717) is 11.4 Å². The molecule has 35 heavy (non-hydrogen) atoms. The summed E-state index contributed by atoms with van der Waals surface area (Å²) in [7, 11) is 0. The Balaban J connectivity index is 2.05. The van der Waals surface area contributed by atoms with E-state index in [-0.39, 0.29) is 18.4 Å². The molecule has 0 radical (unpaired) electrons. The molecule has 0 bridgehead atoms. The highest BCUT2D eigenvalue weighted by Crippen LogP contribution is 2.25. The summed E-state index contributed by atoms with van der Waals surface area (Å²) < 4.78 is 0. The molecule has 1 aromatic heterocycles. The lowest BCUT2D eigenvalue weighted by Gasteiger charge is -2.24. The van der Waals surface area contributed by atoms with Gasteiger partial charge in [0.15, 0.2) is 0 Å². The number of anilines is 1. The zero-order valence-electron chi connectivity index (χ0n) is 20.8. The van der Waals surface area contributed by atoms with E-state index in [1.54, 1.807) is 30.7 Å². The van der Waals surface area contributed by atoms with Crippen molar-refractivity contribution in [3.63, 3.8) is 0 Å². The van der Waals surface area contributed by atoms with Crippen molar-refractivity contribution in [1.82, 2.24) is 9.99 Å². The van der Waals surface area contributed by atoms with E-state index in [1.165, 1.54) is 5.01 Å². The van der Waals surface area contributed by atoms with Gasteiger partial charge in [0, 0.05) is 29.8 Å². The molecule has 0 aliphatic rings. The van der Waals surface area contributed by atoms with Crippen molar-refractivity contribution >= 4 is 17.3 Å².